The molecule has 0 bridgehead atoms. The topological polar surface area (TPSA) is 49.6 Å². The lowest BCUT2D eigenvalue weighted by atomic mass is 9.96. The quantitative estimate of drug-likeness (QED) is 0.774. The van der Waals surface area contributed by atoms with Crippen LogP contribution in [0.4, 0.5) is 0 Å². The van der Waals surface area contributed by atoms with E-state index >= 15 is 0 Å². The average Bonchev–Trinajstić information content (AvgIpc) is 3.11. The molecule has 2 aliphatic rings. The number of carbonyl (C=O) groups excluding carboxylic acids is 1. The van der Waals surface area contributed by atoms with Gasteiger partial charge >= 0.3 is 0 Å². The van der Waals surface area contributed by atoms with Crippen LogP contribution in [0.3, 0.4) is 0 Å². The van der Waals surface area contributed by atoms with Crippen LogP contribution in [0.2, 0.25) is 0 Å². The summed E-state index contributed by atoms with van der Waals surface area (Å²) in [5, 5.41) is 0. The van der Waals surface area contributed by atoms with Crippen LogP contribution < -0.4 is 5.73 Å². The smallest absolute Gasteiger partial charge is 0.223 e. The second-order valence-electron chi connectivity index (χ2n) is 6.50. The minimum Gasteiger partial charge on any atom is -0.346 e. The van der Waals surface area contributed by atoms with Crippen molar-refractivity contribution in [3.8, 4) is 0 Å². The van der Waals surface area contributed by atoms with Gasteiger partial charge in [-0.15, -0.1) is 0 Å². The van der Waals surface area contributed by atoms with Gasteiger partial charge in [-0.2, -0.15) is 0 Å². The van der Waals surface area contributed by atoms with Gasteiger partial charge in [-0.05, 0) is 51.1 Å². The van der Waals surface area contributed by atoms with Crippen molar-refractivity contribution in [3.05, 3.63) is 0 Å². The van der Waals surface area contributed by atoms with Gasteiger partial charge in [0.2, 0.25) is 5.91 Å². The van der Waals surface area contributed by atoms with E-state index in [4.69, 9.17) is 5.73 Å². The summed E-state index contributed by atoms with van der Waals surface area (Å²) in [5.74, 6) is 1.18. The molecule has 1 amide bonds. The monoisotopic (exact) mass is 281 g/mol. The summed E-state index contributed by atoms with van der Waals surface area (Å²) >= 11 is 0. The van der Waals surface area contributed by atoms with E-state index in [0.717, 1.165) is 31.5 Å². The maximum atomic E-state index is 12.1. The molecule has 20 heavy (non-hydrogen) atoms. The van der Waals surface area contributed by atoms with Crippen LogP contribution in [0.15, 0.2) is 0 Å². The molecule has 2 rings (SSSR count). The molecule has 0 aromatic carbocycles. The maximum Gasteiger partial charge on any atom is 0.223 e. The number of likely N-dealkylation sites (tertiary alicyclic amines) is 1. The van der Waals surface area contributed by atoms with E-state index in [-0.39, 0.29) is 5.91 Å². The number of nitrogens with zero attached hydrogens (tertiary/aromatic N) is 2. The van der Waals surface area contributed by atoms with Gasteiger partial charge in [-0.25, -0.2) is 0 Å². The standard InChI is InChI=1S/C16H31N3O/c1-18(11-5-10-17)16(20)9-13-19-12-4-8-15(19)14-6-2-3-7-14/h14-15H,2-13,17H2,1H3. The molecule has 1 aliphatic carbocycles. The minimum absolute atomic E-state index is 0.274. The van der Waals surface area contributed by atoms with Crippen molar-refractivity contribution in [1.82, 2.24) is 9.80 Å². The third-order valence-electron chi connectivity index (χ3n) is 5.09. The fraction of sp³-hybridized carbons (Fsp3) is 0.938. The van der Waals surface area contributed by atoms with E-state index < -0.39 is 0 Å². The minimum atomic E-state index is 0.274. The van der Waals surface area contributed by atoms with E-state index in [9.17, 15) is 4.79 Å². The second-order valence-corrected chi connectivity index (χ2v) is 6.50. The van der Waals surface area contributed by atoms with Gasteiger partial charge in [0, 0.05) is 32.6 Å². The highest BCUT2D eigenvalue weighted by molar-refractivity contribution is 5.76. The highest BCUT2D eigenvalue weighted by Crippen LogP contribution is 2.35. The van der Waals surface area contributed by atoms with Gasteiger partial charge in [0.05, 0.1) is 0 Å². The average molecular weight is 281 g/mol. The number of rotatable bonds is 7. The SMILES string of the molecule is CN(CCCN)C(=O)CCN1CCCC1C1CCCC1. The van der Waals surface area contributed by atoms with E-state index in [0.29, 0.717) is 13.0 Å². The van der Waals surface area contributed by atoms with E-state index in [1.807, 2.05) is 11.9 Å². The number of carbonyl (C=O) groups is 1. The molecule has 1 saturated heterocycles. The lowest BCUT2D eigenvalue weighted by Gasteiger charge is -2.29. The Labute approximate surface area is 123 Å². The number of nitrogens with two attached hydrogens (primary N) is 1. The maximum absolute atomic E-state index is 12.1. The highest BCUT2D eigenvalue weighted by Gasteiger charge is 2.33. The van der Waals surface area contributed by atoms with Crippen LogP contribution >= 0.6 is 0 Å². The zero-order valence-corrected chi connectivity index (χ0v) is 13.0. The Hall–Kier alpha value is -0.610. The molecule has 1 unspecified atom stereocenters. The first-order valence-corrected chi connectivity index (χ1v) is 8.40. The summed E-state index contributed by atoms with van der Waals surface area (Å²) in [6.07, 6.45) is 9.88. The number of hydrogen-bond donors (Lipinski definition) is 1. The van der Waals surface area contributed by atoms with Gasteiger partial charge in [0.25, 0.3) is 0 Å². The summed E-state index contributed by atoms with van der Waals surface area (Å²) in [7, 11) is 1.90. The third-order valence-corrected chi connectivity index (χ3v) is 5.09. The van der Waals surface area contributed by atoms with Crippen LogP contribution in [0.5, 0.6) is 0 Å². The fourth-order valence-corrected chi connectivity index (χ4v) is 3.89. The number of amides is 1. The Bertz CT molecular complexity index is 302. The van der Waals surface area contributed by atoms with Gasteiger partial charge in [0.1, 0.15) is 0 Å². The van der Waals surface area contributed by atoms with E-state index in [2.05, 4.69) is 4.90 Å². The molecule has 1 saturated carbocycles. The summed E-state index contributed by atoms with van der Waals surface area (Å²) in [6, 6.07) is 0.764. The summed E-state index contributed by atoms with van der Waals surface area (Å²) < 4.78 is 0. The summed E-state index contributed by atoms with van der Waals surface area (Å²) in [4.78, 5) is 16.5. The molecule has 2 fully saturated rings. The second kappa shape index (κ2) is 7.99. The molecule has 0 aromatic rings. The molecule has 0 aromatic heterocycles. The molecular formula is C16H31N3O. The van der Waals surface area contributed by atoms with Crippen LogP contribution in [0.1, 0.15) is 51.4 Å². The van der Waals surface area contributed by atoms with Crippen molar-refractivity contribution in [2.24, 2.45) is 11.7 Å². The molecule has 116 valence electrons. The Balaban J connectivity index is 1.73. The predicted molar refractivity (Wildman–Crippen MR) is 82.5 cm³/mol. The lowest BCUT2D eigenvalue weighted by Crippen LogP contribution is -2.38. The first-order valence-electron chi connectivity index (χ1n) is 8.40. The van der Waals surface area contributed by atoms with E-state index in [1.54, 1.807) is 0 Å². The molecular weight excluding hydrogens is 250 g/mol. The summed E-state index contributed by atoms with van der Waals surface area (Å²) in [5.41, 5.74) is 5.49. The van der Waals surface area contributed by atoms with Gasteiger partial charge in [-0.1, -0.05) is 12.8 Å². The zero-order chi connectivity index (χ0) is 14.4. The first kappa shape index (κ1) is 15.8. The van der Waals surface area contributed by atoms with Crippen molar-refractivity contribution in [2.75, 3.05) is 33.2 Å². The van der Waals surface area contributed by atoms with Crippen molar-refractivity contribution in [2.45, 2.75) is 57.4 Å². The fourth-order valence-electron chi connectivity index (χ4n) is 3.89. The molecule has 1 aliphatic heterocycles. The van der Waals surface area contributed by atoms with Crippen LogP contribution in [-0.2, 0) is 4.79 Å². The Morgan fingerprint density at radius 3 is 2.70 bits per heavy atom. The molecule has 2 N–H and O–H groups in total. The molecule has 4 heteroatoms. The molecule has 0 radical (unpaired) electrons. The predicted octanol–water partition coefficient (Wildman–Crippen LogP) is 1.84. The van der Waals surface area contributed by atoms with Crippen molar-refractivity contribution >= 4 is 5.91 Å². The van der Waals surface area contributed by atoms with Gasteiger partial charge < -0.3 is 10.6 Å². The molecule has 1 atom stereocenters. The lowest BCUT2D eigenvalue weighted by molar-refractivity contribution is -0.130. The molecule has 4 nitrogen and oxygen atoms in total. The van der Waals surface area contributed by atoms with Gasteiger partial charge in [0.15, 0.2) is 0 Å². The Kier molecular flexibility index (Phi) is 6.30. The molecule has 0 spiro atoms. The highest BCUT2D eigenvalue weighted by atomic mass is 16.2. The van der Waals surface area contributed by atoms with E-state index in [1.165, 1.54) is 45.1 Å². The van der Waals surface area contributed by atoms with Crippen molar-refractivity contribution in [3.63, 3.8) is 0 Å². The zero-order valence-electron chi connectivity index (χ0n) is 13.0. The van der Waals surface area contributed by atoms with Crippen molar-refractivity contribution < 1.29 is 4.79 Å². The van der Waals surface area contributed by atoms with Crippen molar-refractivity contribution in [1.29, 1.82) is 0 Å². The normalized spacial score (nSPS) is 24.4. The van der Waals surface area contributed by atoms with Gasteiger partial charge in [-0.3, -0.25) is 9.69 Å². The largest absolute Gasteiger partial charge is 0.346 e. The Morgan fingerprint density at radius 1 is 1.25 bits per heavy atom. The van der Waals surface area contributed by atoms with Crippen LogP contribution in [-0.4, -0.2) is 55.0 Å². The van der Waals surface area contributed by atoms with Crippen LogP contribution in [0, 0.1) is 5.92 Å². The Morgan fingerprint density at radius 2 is 2.00 bits per heavy atom. The molecule has 1 heterocycles. The first-order chi connectivity index (χ1) is 9.72. The summed E-state index contributed by atoms with van der Waals surface area (Å²) in [6.45, 7) is 3.60. The number of hydrogen-bond acceptors (Lipinski definition) is 3. The third kappa shape index (κ3) is 4.19. The van der Waals surface area contributed by atoms with Crippen LogP contribution in [0.25, 0.3) is 0 Å².